The van der Waals surface area contributed by atoms with E-state index in [1.807, 2.05) is 0 Å². The van der Waals surface area contributed by atoms with E-state index in [1.165, 1.54) is 12.8 Å². The predicted molar refractivity (Wildman–Crippen MR) is 70.2 cm³/mol. The summed E-state index contributed by atoms with van der Waals surface area (Å²) in [5, 5.41) is 3.28. The summed E-state index contributed by atoms with van der Waals surface area (Å²) in [5.41, 5.74) is 6.90. The Hall–Kier alpha value is -1.22. The Morgan fingerprint density at radius 3 is 2.82 bits per heavy atom. The first-order valence-electron chi connectivity index (χ1n) is 5.90. The van der Waals surface area contributed by atoms with Crippen molar-refractivity contribution in [1.82, 2.24) is 5.32 Å². The van der Waals surface area contributed by atoms with E-state index in [1.54, 1.807) is 18.2 Å². The van der Waals surface area contributed by atoms with Crippen LogP contribution in [0.15, 0.2) is 18.2 Å². The molecule has 3 nitrogen and oxygen atoms in total. The van der Waals surface area contributed by atoms with Crippen LogP contribution in [0.25, 0.3) is 0 Å². The second kappa shape index (κ2) is 4.57. The second-order valence-corrected chi connectivity index (χ2v) is 5.12. The van der Waals surface area contributed by atoms with Crippen molar-refractivity contribution in [2.24, 2.45) is 5.41 Å². The summed E-state index contributed by atoms with van der Waals surface area (Å²) in [6.07, 6.45) is 3.51. The van der Waals surface area contributed by atoms with E-state index in [0.29, 0.717) is 21.7 Å². The first-order valence-corrected chi connectivity index (χ1v) is 6.28. The molecule has 2 rings (SSSR count). The van der Waals surface area contributed by atoms with Crippen LogP contribution in [0, 0.1) is 5.41 Å². The highest BCUT2D eigenvalue weighted by molar-refractivity contribution is 6.36. The van der Waals surface area contributed by atoms with E-state index in [-0.39, 0.29) is 5.91 Å². The molecule has 1 aliphatic rings. The van der Waals surface area contributed by atoms with Crippen LogP contribution in [-0.2, 0) is 0 Å². The highest BCUT2D eigenvalue weighted by Gasteiger charge is 2.40. The van der Waals surface area contributed by atoms with Gasteiger partial charge in [0.1, 0.15) is 0 Å². The largest absolute Gasteiger partial charge is 0.398 e. The summed E-state index contributed by atoms with van der Waals surface area (Å²) >= 11 is 6.00. The fourth-order valence-corrected chi connectivity index (χ4v) is 2.13. The van der Waals surface area contributed by atoms with Gasteiger partial charge in [-0.05, 0) is 36.8 Å². The molecule has 0 bridgehead atoms. The summed E-state index contributed by atoms with van der Waals surface area (Å²) in [4.78, 5) is 12.0. The predicted octanol–water partition coefficient (Wildman–Crippen LogP) is 2.84. The molecular weight excluding hydrogens is 236 g/mol. The lowest BCUT2D eigenvalue weighted by Gasteiger charge is -2.14. The van der Waals surface area contributed by atoms with Gasteiger partial charge in [-0.1, -0.05) is 24.6 Å². The molecule has 0 heterocycles. The number of amides is 1. The van der Waals surface area contributed by atoms with Gasteiger partial charge < -0.3 is 11.1 Å². The molecule has 1 fully saturated rings. The molecule has 0 aliphatic heterocycles. The molecular formula is C13H17ClN2O. The molecule has 0 spiro atoms. The minimum atomic E-state index is -0.137. The quantitative estimate of drug-likeness (QED) is 0.810. The fraction of sp³-hybridized carbons (Fsp3) is 0.462. The van der Waals surface area contributed by atoms with Crippen molar-refractivity contribution in [1.29, 1.82) is 0 Å². The topological polar surface area (TPSA) is 55.1 Å². The molecule has 17 heavy (non-hydrogen) atoms. The van der Waals surface area contributed by atoms with Crippen LogP contribution < -0.4 is 11.1 Å². The number of hydrogen-bond acceptors (Lipinski definition) is 2. The highest BCUT2D eigenvalue weighted by Crippen LogP contribution is 2.47. The van der Waals surface area contributed by atoms with Crippen LogP contribution in [0.4, 0.5) is 5.69 Å². The maximum atomic E-state index is 12.0. The molecule has 1 aromatic carbocycles. The van der Waals surface area contributed by atoms with Gasteiger partial charge in [-0.25, -0.2) is 0 Å². The molecule has 4 heteroatoms. The zero-order valence-corrected chi connectivity index (χ0v) is 10.7. The molecule has 3 N–H and O–H groups in total. The number of benzene rings is 1. The Balaban J connectivity index is 2.02. The number of carbonyl (C=O) groups excluding carboxylic acids is 1. The minimum absolute atomic E-state index is 0.137. The first kappa shape index (κ1) is 12.2. The number of nitrogens with one attached hydrogen (secondary N) is 1. The maximum Gasteiger partial charge on any atom is 0.252 e. The third kappa shape index (κ3) is 2.55. The van der Waals surface area contributed by atoms with E-state index in [4.69, 9.17) is 17.3 Å². The third-order valence-corrected chi connectivity index (χ3v) is 4.03. The monoisotopic (exact) mass is 252 g/mol. The molecule has 0 atom stereocenters. The van der Waals surface area contributed by atoms with Crippen molar-refractivity contribution >= 4 is 23.2 Å². The summed E-state index contributed by atoms with van der Waals surface area (Å²) in [5.74, 6) is -0.137. The molecule has 0 saturated heterocycles. The van der Waals surface area contributed by atoms with Crippen molar-refractivity contribution in [2.75, 3.05) is 12.3 Å². The molecule has 1 aliphatic carbocycles. The molecule has 92 valence electrons. The van der Waals surface area contributed by atoms with Gasteiger partial charge >= 0.3 is 0 Å². The van der Waals surface area contributed by atoms with Crippen molar-refractivity contribution in [2.45, 2.75) is 26.2 Å². The van der Waals surface area contributed by atoms with Crippen LogP contribution in [-0.4, -0.2) is 12.5 Å². The van der Waals surface area contributed by atoms with Gasteiger partial charge in [0.15, 0.2) is 0 Å². The number of anilines is 1. The summed E-state index contributed by atoms with van der Waals surface area (Å²) < 4.78 is 0. The number of nitrogens with two attached hydrogens (primary N) is 1. The molecule has 1 amide bonds. The fourth-order valence-electron chi connectivity index (χ4n) is 1.92. The van der Waals surface area contributed by atoms with Crippen molar-refractivity contribution in [3.63, 3.8) is 0 Å². The standard InChI is InChI=1S/C13H17ClN2O/c1-2-13(6-7-13)8-16-12(17)9-4-3-5-10(15)11(9)14/h3-5H,2,6-8,15H2,1H3,(H,16,17). The average molecular weight is 253 g/mol. The van der Waals surface area contributed by atoms with E-state index in [0.717, 1.165) is 13.0 Å². The zero-order valence-electron chi connectivity index (χ0n) is 9.92. The van der Waals surface area contributed by atoms with Crippen molar-refractivity contribution in [3.05, 3.63) is 28.8 Å². The van der Waals surface area contributed by atoms with Crippen LogP contribution in [0.5, 0.6) is 0 Å². The summed E-state index contributed by atoms with van der Waals surface area (Å²) in [7, 11) is 0. The molecule has 1 aromatic rings. The second-order valence-electron chi connectivity index (χ2n) is 4.75. The van der Waals surface area contributed by atoms with Gasteiger partial charge in [-0.2, -0.15) is 0 Å². The van der Waals surface area contributed by atoms with Crippen molar-refractivity contribution < 1.29 is 4.79 Å². The number of nitrogen functional groups attached to an aromatic ring is 1. The van der Waals surface area contributed by atoms with Gasteiger partial charge in [-0.3, -0.25) is 4.79 Å². The molecule has 1 saturated carbocycles. The van der Waals surface area contributed by atoms with Gasteiger partial charge in [0.25, 0.3) is 5.91 Å². The summed E-state index contributed by atoms with van der Waals surface area (Å²) in [6, 6.07) is 5.12. The van der Waals surface area contributed by atoms with E-state index in [2.05, 4.69) is 12.2 Å². The van der Waals surface area contributed by atoms with E-state index >= 15 is 0 Å². The minimum Gasteiger partial charge on any atom is -0.398 e. The number of carbonyl (C=O) groups is 1. The Kier molecular flexibility index (Phi) is 3.29. The first-order chi connectivity index (χ1) is 8.08. The van der Waals surface area contributed by atoms with Crippen LogP contribution in [0.1, 0.15) is 36.5 Å². The Labute approximate surface area is 106 Å². The Morgan fingerprint density at radius 2 is 2.24 bits per heavy atom. The van der Waals surface area contributed by atoms with E-state index < -0.39 is 0 Å². The normalized spacial score (nSPS) is 16.6. The number of rotatable bonds is 4. The number of hydrogen-bond donors (Lipinski definition) is 2. The van der Waals surface area contributed by atoms with Gasteiger partial charge in [0.2, 0.25) is 0 Å². The Morgan fingerprint density at radius 1 is 1.53 bits per heavy atom. The van der Waals surface area contributed by atoms with Crippen LogP contribution >= 0.6 is 11.6 Å². The van der Waals surface area contributed by atoms with Crippen LogP contribution in [0.2, 0.25) is 5.02 Å². The Bertz CT molecular complexity index is 441. The smallest absolute Gasteiger partial charge is 0.252 e. The van der Waals surface area contributed by atoms with Crippen LogP contribution in [0.3, 0.4) is 0 Å². The zero-order chi connectivity index (χ0) is 12.5. The molecule has 0 aromatic heterocycles. The lowest BCUT2D eigenvalue weighted by atomic mass is 10.0. The van der Waals surface area contributed by atoms with E-state index in [9.17, 15) is 4.79 Å². The maximum absolute atomic E-state index is 12.0. The number of halogens is 1. The lowest BCUT2D eigenvalue weighted by molar-refractivity contribution is 0.0944. The SMILES string of the molecule is CCC1(CNC(=O)c2cccc(N)c2Cl)CC1. The van der Waals surface area contributed by atoms with Gasteiger partial charge in [-0.15, -0.1) is 0 Å². The molecule has 0 unspecified atom stereocenters. The average Bonchev–Trinajstić information content (AvgIpc) is 3.10. The highest BCUT2D eigenvalue weighted by atomic mass is 35.5. The summed E-state index contributed by atoms with van der Waals surface area (Å²) in [6.45, 7) is 2.89. The third-order valence-electron chi connectivity index (χ3n) is 3.60. The lowest BCUT2D eigenvalue weighted by Crippen LogP contribution is -2.30. The van der Waals surface area contributed by atoms with Gasteiger partial charge in [0, 0.05) is 6.54 Å². The van der Waals surface area contributed by atoms with Crippen molar-refractivity contribution in [3.8, 4) is 0 Å². The van der Waals surface area contributed by atoms with Gasteiger partial charge in [0.05, 0.1) is 16.3 Å². The molecule has 0 radical (unpaired) electrons.